The lowest BCUT2D eigenvalue weighted by Crippen LogP contribution is -2.43. The van der Waals surface area contributed by atoms with Crippen molar-refractivity contribution in [1.29, 1.82) is 0 Å². The summed E-state index contributed by atoms with van der Waals surface area (Å²) >= 11 is 4.69. The molecular weight excluding hydrogens is 226 g/mol. The molecule has 0 aromatic rings. The van der Waals surface area contributed by atoms with Gasteiger partial charge in [0.2, 0.25) is 0 Å². The highest BCUT2D eigenvalue weighted by Gasteiger charge is 2.41. The number of nitrogens with zero attached hydrogens (tertiary/aromatic N) is 1. The monoisotopic (exact) mass is 255 g/mol. The van der Waals surface area contributed by atoms with Crippen LogP contribution in [0.3, 0.4) is 0 Å². The molecule has 2 atom stereocenters. The van der Waals surface area contributed by atoms with E-state index in [1.54, 1.807) is 0 Å². The van der Waals surface area contributed by atoms with Crippen molar-refractivity contribution in [3.05, 3.63) is 0 Å². The lowest BCUT2D eigenvalue weighted by molar-refractivity contribution is 0.118. The molecule has 1 aliphatic carbocycles. The minimum absolute atomic E-state index is 0.497. The highest BCUT2D eigenvalue weighted by molar-refractivity contribution is 7.80. The second-order valence-electron chi connectivity index (χ2n) is 6.42. The van der Waals surface area contributed by atoms with E-state index in [0.717, 1.165) is 17.7 Å². The van der Waals surface area contributed by atoms with Crippen LogP contribution >= 0.6 is 12.6 Å². The molecular formula is C15H29NS. The van der Waals surface area contributed by atoms with Crippen molar-refractivity contribution in [3.8, 4) is 0 Å². The van der Waals surface area contributed by atoms with E-state index in [0.29, 0.717) is 5.41 Å². The minimum Gasteiger partial charge on any atom is -0.300 e. The Morgan fingerprint density at radius 2 is 1.88 bits per heavy atom. The van der Waals surface area contributed by atoms with E-state index in [9.17, 15) is 0 Å². The first kappa shape index (κ1) is 13.7. The van der Waals surface area contributed by atoms with Gasteiger partial charge < -0.3 is 0 Å². The summed E-state index contributed by atoms with van der Waals surface area (Å²) in [6.07, 6.45) is 9.78. The summed E-state index contributed by atoms with van der Waals surface area (Å²) in [6.45, 7) is 7.35. The molecule has 2 bridgehead atoms. The van der Waals surface area contributed by atoms with Crippen LogP contribution < -0.4 is 0 Å². The average Bonchev–Trinajstić information content (AvgIpc) is 2.91. The van der Waals surface area contributed by atoms with Gasteiger partial charge in [-0.3, -0.25) is 4.90 Å². The van der Waals surface area contributed by atoms with E-state index < -0.39 is 0 Å². The molecule has 0 aromatic heterocycles. The number of hydrogen-bond donors (Lipinski definition) is 1. The first-order valence-corrected chi connectivity index (χ1v) is 8.21. The zero-order valence-corrected chi connectivity index (χ0v) is 12.5. The SMILES string of the molecule is CCCC(CS)(CCC)CN1CC2CCC1C2. The molecule has 0 radical (unpaired) electrons. The Hall–Kier alpha value is 0.310. The molecule has 2 heteroatoms. The maximum atomic E-state index is 4.69. The van der Waals surface area contributed by atoms with Gasteiger partial charge in [-0.1, -0.05) is 26.7 Å². The molecule has 1 saturated carbocycles. The normalized spacial score (nSPS) is 29.1. The zero-order chi connectivity index (χ0) is 12.3. The molecule has 17 heavy (non-hydrogen) atoms. The molecule has 0 amide bonds. The summed E-state index contributed by atoms with van der Waals surface area (Å²) in [5.74, 6) is 2.10. The predicted molar refractivity (Wildman–Crippen MR) is 78.8 cm³/mol. The van der Waals surface area contributed by atoms with Crippen LogP contribution in [0.5, 0.6) is 0 Å². The number of thiol groups is 1. The molecule has 100 valence electrons. The Morgan fingerprint density at radius 1 is 1.18 bits per heavy atom. The standard InChI is InChI=1S/C15H29NS/c1-3-7-15(12-17,8-4-2)11-16-10-13-5-6-14(16)9-13/h13-14,17H,3-12H2,1-2H3. The molecule has 1 nitrogen and oxygen atoms in total. The maximum Gasteiger partial charge on any atom is 0.00988 e. The Bertz CT molecular complexity index is 235. The van der Waals surface area contributed by atoms with Crippen LogP contribution in [-0.4, -0.2) is 29.8 Å². The van der Waals surface area contributed by atoms with Crippen molar-refractivity contribution in [3.63, 3.8) is 0 Å². The number of fused-ring (bicyclic) bond motifs is 2. The lowest BCUT2D eigenvalue weighted by Gasteiger charge is -2.39. The molecule has 2 aliphatic rings. The van der Waals surface area contributed by atoms with Crippen molar-refractivity contribution >= 4 is 12.6 Å². The van der Waals surface area contributed by atoms with Crippen LogP contribution in [0.1, 0.15) is 58.8 Å². The molecule has 0 N–H and O–H groups in total. The Morgan fingerprint density at radius 3 is 2.29 bits per heavy atom. The maximum absolute atomic E-state index is 4.69. The highest BCUT2D eigenvalue weighted by atomic mass is 32.1. The van der Waals surface area contributed by atoms with E-state index in [-0.39, 0.29) is 0 Å². The van der Waals surface area contributed by atoms with Crippen LogP contribution in [0.15, 0.2) is 0 Å². The van der Waals surface area contributed by atoms with Crippen LogP contribution in [0, 0.1) is 11.3 Å². The van der Waals surface area contributed by atoms with Crippen molar-refractivity contribution in [1.82, 2.24) is 4.90 Å². The van der Waals surface area contributed by atoms with Gasteiger partial charge in [0.15, 0.2) is 0 Å². The van der Waals surface area contributed by atoms with E-state index in [1.165, 1.54) is 58.0 Å². The number of likely N-dealkylation sites (tertiary alicyclic amines) is 1. The van der Waals surface area contributed by atoms with Gasteiger partial charge in [0.1, 0.15) is 0 Å². The molecule has 0 aromatic carbocycles. The molecule has 1 heterocycles. The van der Waals surface area contributed by atoms with Gasteiger partial charge in [-0.05, 0) is 49.2 Å². The Labute approximate surface area is 113 Å². The summed E-state index contributed by atoms with van der Waals surface area (Å²) < 4.78 is 0. The second-order valence-corrected chi connectivity index (χ2v) is 6.74. The fourth-order valence-corrected chi connectivity index (χ4v) is 4.62. The summed E-state index contributed by atoms with van der Waals surface area (Å²) in [5, 5.41) is 0. The third-order valence-electron chi connectivity index (χ3n) is 4.96. The van der Waals surface area contributed by atoms with Crippen molar-refractivity contribution in [2.24, 2.45) is 11.3 Å². The lowest BCUT2D eigenvalue weighted by atomic mass is 9.80. The minimum atomic E-state index is 0.497. The zero-order valence-electron chi connectivity index (χ0n) is 11.6. The fraction of sp³-hybridized carbons (Fsp3) is 1.00. The van der Waals surface area contributed by atoms with Gasteiger partial charge in [-0.2, -0.15) is 12.6 Å². The van der Waals surface area contributed by atoms with Crippen molar-refractivity contribution < 1.29 is 0 Å². The average molecular weight is 255 g/mol. The van der Waals surface area contributed by atoms with E-state index in [4.69, 9.17) is 0 Å². The van der Waals surface area contributed by atoms with E-state index in [2.05, 4.69) is 31.4 Å². The summed E-state index contributed by atoms with van der Waals surface area (Å²) in [6, 6.07) is 0.924. The smallest absolute Gasteiger partial charge is 0.00988 e. The van der Waals surface area contributed by atoms with Gasteiger partial charge in [0.25, 0.3) is 0 Å². The van der Waals surface area contributed by atoms with Gasteiger partial charge >= 0.3 is 0 Å². The number of rotatable bonds is 7. The van der Waals surface area contributed by atoms with Crippen molar-refractivity contribution in [2.75, 3.05) is 18.8 Å². The highest BCUT2D eigenvalue weighted by Crippen LogP contribution is 2.41. The second kappa shape index (κ2) is 5.97. The quantitative estimate of drug-likeness (QED) is 0.673. The first-order chi connectivity index (χ1) is 8.23. The molecule has 2 rings (SSSR count). The largest absolute Gasteiger partial charge is 0.300 e. The molecule has 2 unspecified atom stereocenters. The summed E-state index contributed by atoms with van der Waals surface area (Å²) in [7, 11) is 0. The molecule has 2 fully saturated rings. The number of hydrogen-bond acceptors (Lipinski definition) is 2. The van der Waals surface area contributed by atoms with Crippen LogP contribution in [0.4, 0.5) is 0 Å². The first-order valence-electron chi connectivity index (χ1n) is 7.58. The van der Waals surface area contributed by atoms with Crippen molar-refractivity contribution in [2.45, 2.75) is 64.8 Å². The van der Waals surface area contributed by atoms with Crippen LogP contribution in [-0.2, 0) is 0 Å². The third-order valence-corrected chi connectivity index (χ3v) is 5.63. The summed E-state index contributed by atoms with van der Waals surface area (Å²) in [5.41, 5.74) is 0.497. The van der Waals surface area contributed by atoms with E-state index >= 15 is 0 Å². The van der Waals surface area contributed by atoms with Gasteiger partial charge in [-0.15, -0.1) is 0 Å². The molecule has 1 aliphatic heterocycles. The van der Waals surface area contributed by atoms with Crippen LogP contribution in [0.25, 0.3) is 0 Å². The Balaban J connectivity index is 1.96. The molecule has 1 saturated heterocycles. The summed E-state index contributed by atoms with van der Waals surface area (Å²) in [4.78, 5) is 2.80. The number of piperidine rings is 1. The Kier molecular flexibility index (Phi) is 4.82. The fourth-order valence-electron chi connectivity index (χ4n) is 4.20. The van der Waals surface area contributed by atoms with Gasteiger partial charge in [0, 0.05) is 19.1 Å². The van der Waals surface area contributed by atoms with Gasteiger partial charge in [-0.25, -0.2) is 0 Å². The molecule has 0 spiro atoms. The van der Waals surface area contributed by atoms with Gasteiger partial charge in [0.05, 0.1) is 0 Å². The van der Waals surface area contributed by atoms with Crippen LogP contribution in [0.2, 0.25) is 0 Å². The van der Waals surface area contributed by atoms with E-state index in [1.807, 2.05) is 0 Å². The third kappa shape index (κ3) is 3.01. The topological polar surface area (TPSA) is 3.24 Å². The predicted octanol–water partition coefficient (Wildman–Crippen LogP) is 3.99.